The fraction of sp³-hybridized carbons (Fsp3) is 1.00. The average Bonchev–Trinajstić information content (AvgIpc) is 1.14. The summed E-state index contributed by atoms with van der Waals surface area (Å²) in [5.41, 5.74) is 0. The molecule has 0 aliphatic carbocycles. The van der Waals surface area contributed by atoms with Gasteiger partial charge in [0, 0.05) is 0 Å². The van der Waals surface area contributed by atoms with Crippen LogP contribution in [0.1, 0.15) is 0 Å². The Labute approximate surface area is 63.0 Å². The van der Waals surface area contributed by atoms with Crippen LogP contribution in [-0.4, -0.2) is 42.0 Å². The largest absolute Gasteiger partial charge is 0.412 e. The van der Waals surface area contributed by atoms with Crippen LogP contribution in [0, 0.1) is 0 Å². The maximum Gasteiger partial charge on any atom is 0.281 e. The molecule has 0 heterocycles. The van der Waals surface area contributed by atoms with Gasteiger partial charge in [-0.3, -0.25) is 9.11 Å². The van der Waals surface area contributed by atoms with Gasteiger partial charge in [0.05, 0.1) is 0 Å². The molecule has 0 aromatic carbocycles. The number of hydrogen-bond acceptors (Lipinski definition) is 4. The summed E-state index contributed by atoms with van der Waals surface area (Å²) in [6, 6.07) is 0. The van der Waals surface area contributed by atoms with Crippen molar-refractivity contribution in [3.8, 4) is 0 Å². The van der Waals surface area contributed by atoms with Crippen LogP contribution >= 0.6 is 0 Å². The van der Waals surface area contributed by atoms with E-state index in [9.17, 15) is 16.8 Å². The maximum absolute atomic E-state index is 9.66. The molecular weight excluding hydrogens is 204 g/mol. The fourth-order valence-electron chi connectivity index (χ4n) is 0.188. The summed E-state index contributed by atoms with van der Waals surface area (Å²) in [6.45, 7) is 0. The highest BCUT2D eigenvalue weighted by atomic mass is 32.3. The van der Waals surface area contributed by atoms with Crippen molar-refractivity contribution in [2.75, 3.05) is 5.08 Å². The Morgan fingerprint density at radius 1 is 0.818 bits per heavy atom. The summed E-state index contributed by atoms with van der Waals surface area (Å²) in [4.78, 5) is 0. The van der Waals surface area contributed by atoms with Crippen molar-refractivity contribution in [1.29, 1.82) is 0 Å². The van der Waals surface area contributed by atoms with Gasteiger partial charge >= 0.3 is 0 Å². The molecule has 0 atom stereocenters. The monoisotopic (exact) mass is 212 g/mol. The molecular formula is CH8O8S2. The predicted octanol–water partition coefficient (Wildman–Crippen LogP) is -2.93. The molecule has 0 unspecified atom stereocenters. The van der Waals surface area contributed by atoms with Crippen LogP contribution in [0.25, 0.3) is 0 Å². The smallest absolute Gasteiger partial charge is 0.281 e. The average molecular weight is 212 g/mol. The Morgan fingerprint density at radius 3 is 1.00 bits per heavy atom. The Hall–Kier alpha value is -0.260. The second-order valence-corrected chi connectivity index (χ2v) is 4.55. The molecule has 0 saturated carbocycles. The summed E-state index contributed by atoms with van der Waals surface area (Å²) in [6.07, 6.45) is 0. The van der Waals surface area contributed by atoms with E-state index >= 15 is 0 Å². The van der Waals surface area contributed by atoms with Crippen molar-refractivity contribution in [2.45, 2.75) is 0 Å². The molecule has 11 heavy (non-hydrogen) atoms. The van der Waals surface area contributed by atoms with Crippen LogP contribution in [0.3, 0.4) is 0 Å². The van der Waals surface area contributed by atoms with Gasteiger partial charge in [0.15, 0.2) is 0 Å². The van der Waals surface area contributed by atoms with E-state index in [-0.39, 0.29) is 11.0 Å². The normalized spacial score (nSPS) is 11.1. The van der Waals surface area contributed by atoms with E-state index in [0.717, 1.165) is 0 Å². The third kappa shape index (κ3) is 17.7. The van der Waals surface area contributed by atoms with Crippen molar-refractivity contribution in [2.24, 2.45) is 0 Å². The highest BCUT2D eigenvalue weighted by Gasteiger charge is 2.15. The molecule has 0 aliphatic rings. The van der Waals surface area contributed by atoms with Crippen molar-refractivity contribution >= 4 is 20.2 Å². The topological polar surface area (TPSA) is 172 Å². The molecule has 0 aromatic heterocycles. The van der Waals surface area contributed by atoms with Crippen molar-refractivity contribution in [3.05, 3.63) is 0 Å². The molecule has 0 bridgehead atoms. The lowest BCUT2D eigenvalue weighted by atomic mass is 11.9. The zero-order valence-electron chi connectivity index (χ0n) is 5.05. The molecule has 8 nitrogen and oxygen atoms in total. The second kappa shape index (κ2) is 4.58. The van der Waals surface area contributed by atoms with Crippen LogP contribution in [-0.2, 0) is 20.2 Å². The lowest BCUT2D eigenvalue weighted by molar-refractivity contribution is 0.471. The van der Waals surface area contributed by atoms with Crippen molar-refractivity contribution in [1.82, 2.24) is 0 Å². The molecule has 10 heteroatoms. The van der Waals surface area contributed by atoms with Crippen LogP contribution in [0.15, 0.2) is 0 Å². The third-order valence-electron chi connectivity index (χ3n) is 0.298. The Morgan fingerprint density at radius 2 is 1.00 bits per heavy atom. The van der Waals surface area contributed by atoms with E-state index in [0.29, 0.717) is 0 Å². The minimum atomic E-state index is -4.62. The minimum Gasteiger partial charge on any atom is -0.412 e. The quantitative estimate of drug-likeness (QED) is 0.463. The van der Waals surface area contributed by atoms with Gasteiger partial charge in [0.1, 0.15) is 0 Å². The van der Waals surface area contributed by atoms with Crippen LogP contribution in [0.2, 0.25) is 0 Å². The van der Waals surface area contributed by atoms with Crippen LogP contribution in [0.4, 0.5) is 0 Å². The van der Waals surface area contributed by atoms with Crippen molar-refractivity contribution < 1.29 is 36.9 Å². The molecule has 0 aromatic rings. The lowest BCUT2D eigenvalue weighted by Gasteiger charge is -1.89. The zero-order valence-corrected chi connectivity index (χ0v) is 6.68. The van der Waals surface area contributed by atoms with E-state index in [1.807, 2.05) is 0 Å². The van der Waals surface area contributed by atoms with Gasteiger partial charge in [-0.05, 0) is 0 Å². The summed E-state index contributed by atoms with van der Waals surface area (Å²) in [7, 11) is -9.24. The summed E-state index contributed by atoms with van der Waals surface area (Å²) in [5.74, 6) is 0. The Kier molecular flexibility index (Phi) is 7.09. The molecule has 0 saturated heterocycles. The van der Waals surface area contributed by atoms with Gasteiger partial charge < -0.3 is 11.0 Å². The fourth-order valence-corrected chi connectivity index (χ4v) is 1.69. The zero-order chi connectivity index (χ0) is 7.71. The molecule has 0 fully saturated rings. The summed E-state index contributed by atoms with van der Waals surface area (Å²) >= 11 is 0. The Balaban J connectivity index is -0.000000320. The second-order valence-electron chi connectivity index (χ2n) is 1.28. The first kappa shape index (κ1) is 17.0. The van der Waals surface area contributed by atoms with Gasteiger partial charge in [-0.15, -0.1) is 0 Å². The molecule has 0 rings (SSSR count). The van der Waals surface area contributed by atoms with Gasteiger partial charge in [0.2, 0.25) is 5.08 Å². The molecule has 0 amide bonds. The molecule has 0 radical (unpaired) electrons. The van der Waals surface area contributed by atoms with E-state index in [2.05, 4.69) is 0 Å². The van der Waals surface area contributed by atoms with E-state index in [1.54, 1.807) is 0 Å². The highest BCUT2D eigenvalue weighted by molar-refractivity contribution is 8.02. The number of rotatable bonds is 2. The van der Waals surface area contributed by atoms with Crippen LogP contribution in [0.5, 0.6) is 0 Å². The molecule has 6 N–H and O–H groups in total. The van der Waals surface area contributed by atoms with Crippen molar-refractivity contribution in [3.63, 3.8) is 0 Å². The van der Waals surface area contributed by atoms with Gasteiger partial charge in [-0.2, -0.15) is 16.8 Å². The van der Waals surface area contributed by atoms with Gasteiger partial charge in [0.25, 0.3) is 20.2 Å². The third-order valence-corrected chi connectivity index (χ3v) is 2.68. The van der Waals surface area contributed by atoms with E-state index in [1.165, 1.54) is 0 Å². The molecule has 0 aliphatic heterocycles. The first-order valence-corrected chi connectivity index (χ1v) is 4.83. The summed E-state index contributed by atoms with van der Waals surface area (Å²) < 4.78 is 54.2. The summed E-state index contributed by atoms with van der Waals surface area (Å²) in [5, 5.41) is -1.65. The standard InChI is InChI=1S/CH4O6S2.2H2O/c2-8(3,4)1-9(5,6)7;;/h1H2,(H,2,3,4)(H,5,6,7);2*1H2. The SMILES string of the molecule is O.O.O=S(=O)(O)CS(=O)(=O)O. The highest BCUT2D eigenvalue weighted by Crippen LogP contribution is 1.88. The maximum atomic E-state index is 9.66. The van der Waals surface area contributed by atoms with Gasteiger partial charge in [-0.25, -0.2) is 0 Å². The predicted molar refractivity (Wildman–Crippen MR) is 35.2 cm³/mol. The number of hydrogen-bond donors (Lipinski definition) is 2. The Bertz CT molecular complexity index is 237. The lowest BCUT2D eigenvalue weighted by Crippen LogP contribution is -2.13. The van der Waals surface area contributed by atoms with E-state index < -0.39 is 25.3 Å². The van der Waals surface area contributed by atoms with E-state index in [4.69, 9.17) is 9.11 Å². The molecule has 72 valence electrons. The minimum absolute atomic E-state index is 0. The first-order valence-electron chi connectivity index (χ1n) is 1.61. The van der Waals surface area contributed by atoms with Crippen LogP contribution < -0.4 is 0 Å². The van der Waals surface area contributed by atoms with Gasteiger partial charge in [-0.1, -0.05) is 0 Å². The molecule has 0 spiro atoms. The first-order chi connectivity index (χ1) is 3.71.